The molecule has 0 aromatic heterocycles. The van der Waals surface area contributed by atoms with Gasteiger partial charge in [0, 0.05) is 25.2 Å². The zero-order chi connectivity index (χ0) is 26.7. The van der Waals surface area contributed by atoms with Gasteiger partial charge < -0.3 is 25.1 Å². The summed E-state index contributed by atoms with van der Waals surface area (Å²) in [5.41, 5.74) is 6.44. The number of esters is 3. The maximum absolute atomic E-state index is 12.4. The molecule has 1 aromatic rings. The van der Waals surface area contributed by atoms with E-state index in [1.807, 2.05) is 34.6 Å². The van der Waals surface area contributed by atoms with Crippen LogP contribution in [-0.4, -0.2) is 41.1 Å². The molecule has 0 bridgehead atoms. The molecule has 1 aromatic carbocycles. The van der Waals surface area contributed by atoms with Gasteiger partial charge in [0.05, 0.1) is 6.10 Å². The van der Waals surface area contributed by atoms with E-state index in [0.717, 1.165) is 0 Å². The molecule has 9 heteroatoms. The Hall–Kier alpha value is -2.94. The predicted octanol–water partition coefficient (Wildman–Crippen LogP) is 4.21. The molecule has 0 aliphatic heterocycles. The number of nitrogens with two attached hydrogens (primary N) is 1. The van der Waals surface area contributed by atoms with E-state index in [1.54, 1.807) is 13.0 Å². The number of carbonyl (C=O) groups is 4. The van der Waals surface area contributed by atoms with Gasteiger partial charge in [-0.2, -0.15) is 0 Å². The van der Waals surface area contributed by atoms with Crippen molar-refractivity contribution in [3.8, 4) is 11.5 Å². The van der Waals surface area contributed by atoms with Crippen molar-refractivity contribution < 1.29 is 38.5 Å². The molecule has 2 unspecified atom stereocenters. The van der Waals surface area contributed by atoms with E-state index in [4.69, 9.17) is 19.9 Å². The quantitative estimate of drug-likeness (QED) is 0.288. The van der Waals surface area contributed by atoms with Crippen molar-refractivity contribution in [3.63, 3.8) is 0 Å². The van der Waals surface area contributed by atoms with Crippen LogP contribution in [0.15, 0.2) is 18.2 Å². The second kappa shape index (κ2) is 14.5. The van der Waals surface area contributed by atoms with E-state index < -0.39 is 36.0 Å². The minimum Gasteiger partial charge on any atom is -0.480 e. The van der Waals surface area contributed by atoms with E-state index in [-0.39, 0.29) is 55.0 Å². The van der Waals surface area contributed by atoms with Crippen molar-refractivity contribution in [2.75, 3.05) is 0 Å². The third-order valence-corrected chi connectivity index (χ3v) is 5.08. The molecule has 3 N–H and O–H groups in total. The minimum absolute atomic E-state index is 0.00322. The van der Waals surface area contributed by atoms with Crippen LogP contribution in [0.5, 0.6) is 11.5 Å². The third-order valence-electron chi connectivity index (χ3n) is 5.08. The number of aliphatic carboxylic acids is 1. The van der Waals surface area contributed by atoms with E-state index in [0.29, 0.717) is 12.0 Å². The molecule has 3 atom stereocenters. The number of ether oxygens (including phenoxy) is 3. The smallest absolute Gasteiger partial charge is 0.321 e. The van der Waals surface area contributed by atoms with Crippen LogP contribution < -0.4 is 15.2 Å². The van der Waals surface area contributed by atoms with Crippen LogP contribution in [0, 0.1) is 11.8 Å². The van der Waals surface area contributed by atoms with Crippen LogP contribution in [0.25, 0.3) is 0 Å². The van der Waals surface area contributed by atoms with Crippen molar-refractivity contribution >= 4 is 23.9 Å². The first-order chi connectivity index (χ1) is 16.3. The van der Waals surface area contributed by atoms with E-state index in [2.05, 4.69) is 0 Å². The lowest BCUT2D eigenvalue weighted by molar-refractivity contribution is -0.149. The monoisotopic (exact) mass is 493 g/mol. The van der Waals surface area contributed by atoms with Gasteiger partial charge in [0.25, 0.3) is 0 Å². The Labute approximate surface area is 207 Å². The Balaban J connectivity index is 3.33. The summed E-state index contributed by atoms with van der Waals surface area (Å²) >= 11 is 0. The number of hydrogen-bond donors (Lipinski definition) is 2. The number of carbonyl (C=O) groups excluding carboxylic acids is 3. The van der Waals surface area contributed by atoms with E-state index >= 15 is 0 Å². The molecule has 0 heterocycles. The number of carboxylic acid groups (broad SMARTS) is 1. The van der Waals surface area contributed by atoms with Crippen LogP contribution in [0.3, 0.4) is 0 Å². The van der Waals surface area contributed by atoms with Crippen molar-refractivity contribution in [3.05, 3.63) is 23.8 Å². The maximum Gasteiger partial charge on any atom is 0.321 e. The number of benzene rings is 1. The average Bonchev–Trinajstić information content (AvgIpc) is 2.71. The SMILES string of the molecule is CCCC(=O)OC(C)CC(c1ccc(OC(=O)CC(C)C)c(OC(=O)CC(C)C)c1)[C@H](N)C(=O)O. The maximum atomic E-state index is 12.4. The Morgan fingerprint density at radius 3 is 1.91 bits per heavy atom. The fraction of sp³-hybridized carbons (Fsp3) is 0.615. The highest BCUT2D eigenvalue weighted by Crippen LogP contribution is 2.35. The van der Waals surface area contributed by atoms with Gasteiger partial charge in [0.1, 0.15) is 6.04 Å². The average molecular weight is 494 g/mol. The summed E-state index contributed by atoms with van der Waals surface area (Å²) < 4.78 is 16.3. The van der Waals surface area contributed by atoms with Gasteiger partial charge in [-0.15, -0.1) is 0 Å². The molecule has 0 radical (unpaired) electrons. The van der Waals surface area contributed by atoms with Crippen molar-refractivity contribution in [2.24, 2.45) is 17.6 Å². The summed E-state index contributed by atoms with van der Waals surface area (Å²) in [6.07, 6.45) is 0.743. The zero-order valence-electron chi connectivity index (χ0n) is 21.5. The molecule has 1 rings (SSSR count). The van der Waals surface area contributed by atoms with Gasteiger partial charge in [-0.3, -0.25) is 19.2 Å². The van der Waals surface area contributed by atoms with Crippen molar-refractivity contribution in [1.29, 1.82) is 0 Å². The topological polar surface area (TPSA) is 142 Å². The van der Waals surface area contributed by atoms with Gasteiger partial charge in [-0.25, -0.2) is 0 Å². The largest absolute Gasteiger partial charge is 0.480 e. The molecule has 0 aliphatic carbocycles. The van der Waals surface area contributed by atoms with Gasteiger partial charge in [-0.1, -0.05) is 40.7 Å². The lowest BCUT2D eigenvalue weighted by Crippen LogP contribution is -2.38. The lowest BCUT2D eigenvalue weighted by Gasteiger charge is -2.25. The fourth-order valence-corrected chi connectivity index (χ4v) is 3.47. The molecular formula is C26H39NO8. The van der Waals surface area contributed by atoms with Crippen LogP contribution in [0.1, 0.15) is 85.1 Å². The van der Waals surface area contributed by atoms with Crippen molar-refractivity contribution in [1.82, 2.24) is 0 Å². The summed E-state index contributed by atoms with van der Waals surface area (Å²) in [6, 6.07) is 3.19. The van der Waals surface area contributed by atoms with Crippen LogP contribution in [-0.2, 0) is 23.9 Å². The first-order valence-corrected chi connectivity index (χ1v) is 12.1. The van der Waals surface area contributed by atoms with Crippen molar-refractivity contribution in [2.45, 2.75) is 91.7 Å². The molecule has 0 saturated carbocycles. The van der Waals surface area contributed by atoms with Crippen LogP contribution in [0.4, 0.5) is 0 Å². The molecule has 0 aliphatic rings. The number of carboxylic acids is 1. The lowest BCUT2D eigenvalue weighted by atomic mass is 9.87. The molecule has 9 nitrogen and oxygen atoms in total. The second-order valence-electron chi connectivity index (χ2n) is 9.61. The van der Waals surface area contributed by atoms with Crippen LogP contribution in [0.2, 0.25) is 0 Å². The fourth-order valence-electron chi connectivity index (χ4n) is 3.47. The summed E-state index contributed by atoms with van der Waals surface area (Å²) in [5.74, 6) is -3.19. The summed E-state index contributed by atoms with van der Waals surface area (Å²) in [7, 11) is 0. The van der Waals surface area contributed by atoms with Gasteiger partial charge >= 0.3 is 23.9 Å². The normalized spacial score (nSPS) is 13.7. The predicted molar refractivity (Wildman–Crippen MR) is 130 cm³/mol. The summed E-state index contributed by atoms with van der Waals surface area (Å²) in [5, 5.41) is 9.58. The molecule has 35 heavy (non-hydrogen) atoms. The number of rotatable bonds is 14. The van der Waals surface area contributed by atoms with E-state index in [1.165, 1.54) is 12.1 Å². The highest BCUT2D eigenvalue weighted by Gasteiger charge is 2.30. The standard InChI is InChI=1S/C26H39NO8/c1-7-8-22(28)33-17(6)13-19(25(27)26(31)32)18-9-10-20(34-23(29)11-15(2)3)21(14-18)35-24(30)12-16(4)5/h9-10,14-17,19,25H,7-8,11-13,27H2,1-6H3,(H,31,32)/t17?,19?,25-/m0/s1. The molecule has 196 valence electrons. The molecule has 0 fully saturated rings. The Morgan fingerprint density at radius 2 is 1.43 bits per heavy atom. The van der Waals surface area contributed by atoms with Gasteiger partial charge in [0.15, 0.2) is 11.5 Å². The second-order valence-corrected chi connectivity index (χ2v) is 9.61. The minimum atomic E-state index is -1.31. The van der Waals surface area contributed by atoms with Gasteiger partial charge in [-0.05, 0) is 49.3 Å². The Bertz CT molecular complexity index is 880. The Morgan fingerprint density at radius 1 is 0.886 bits per heavy atom. The van der Waals surface area contributed by atoms with E-state index in [9.17, 15) is 24.3 Å². The first kappa shape index (κ1) is 30.1. The molecular weight excluding hydrogens is 454 g/mol. The third kappa shape index (κ3) is 10.9. The zero-order valence-corrected chi connectivity index (χ0v) is 21.5. The molecule has 0 spiro atoms. The Kier molecular flexibility index (Phi) is 12.4. The highest BCUT2D eigenvalue weighted by molar-refractivity contribution is 5.77. The highest BCUT2D eigenvalue weighted by atomic mass is 16.6. The summed E-state index contributed by atoms with van der Waals surface area (Å²) in [4.78, 5) is 48.2. The number of hydrogen-bond acceptors (Lipinski definition) is 8. The first-order valence-electron chi connectivity index (χ1n) is 12.1. The molecule has 0 amide bonds. The summed E-state index contributed by atoms with van der Waals surface area (Å²) in [6.45, 7) is 11.0. The van der Waals surface area contributed by atoms with Crippen LogP contribution >= 0.6 is 0 Å². The van der Waals surface area contributed by atoms with Gasteiger partial charge in [0.2, 0.25) is 0 Å². The molecule has 0 saturated heterocycles.